The number of hydrogen-bond donors (Lipinski definition) is 2. The van der Waals surface area contributed by atoms with Crippen molar-refractivity contribution in [2.24, 2.45) is 0 Å². The van der Waals surface area contributed by atoms with Crippen LogP contribution in [0.1, 0.15) is 33.3 Å². The predicted molar refractivity (Wildman–Crippen MR) is 90.0 cm³/mol. The highest BCUT2D eigenvalue weighted by molar-refractivity contribution is 6.31. The number of carbonyl (C=O) groups is 1. The average Bonchev–Trinajstić information content (AvgIpc) is 2.42. The van der Waals surface area contributed by atoms with Gasteiger partial charge in [-0.3, -0.25) is 4.79 Å². The van der Waals surface area contributed by atoms with Crippen LogP contribution in [0.4, 0.5) is 5.69 Å². The molecule has 0 aliphatic heterocycles. The van der Waals surface area contributed by atoms with Crippen LogP contribution in [0.5, 0.6) is 0 Å². The first-order valence-corrected chi connectivity index (χ1v) is 7.89. The van der Waals surface area contributed by atoms with E-state index in [1.807, 2.05) is 43.9 Å². The molecule has 0 saturated carbocycles. The lowest BCUT2D eigenvalue weighted by molar-refractivity contribution is -0.120. The monoisotopic (exact) mass is 311 g/mol. The lowest BCUT2D eigenvalue weighted by atomic mass is 10.2. The van der Waals surface area contributed by atoms with Gasteiger partial charge in [0.1, 0.15) is 0 Å². The fourth-order valence-corrected chi connectivity index (χ4v) is 2.30. The van der Waals surface area contributed by atoms with Gasteiger partial charge in [-0.15, -0.1) is 0 Å². The molecule has 0 aliphatic rings. The zero-order valence-corrected chi connectivity index (χ0v) is 14.1. The van der Waals surface area contributed by atoms with Crippen molar-refractivity contribution in [2.45, 2.75) is 40.3 Å². The van der Waals surface area contributed by atoms with Gasteiger partial charge < -0.3 is 15.5 Å². The second-order valence-corrected chi connectivity index (χ2v) is 5.70. The Kier molecular flexibility index (Phi) is 7.54. The first-order chi connectivity index (χ1) is 9.97. The van der Waals surface area contributed by atoms with Crippen LogP contribution in [0.2, 0.25) is 5.02 Å². The molecule has 21 heavy (non-hydrogen) atoms. The van der Waals surface area contributed by atoms with E-state index >= 15 is 0 Å². The number of carbonyl (C=O) groups excluding carboxylic acids is 1. The number of benzene rings is 1. The van der Waals surface area contributed by atoms with E-state index in [-0.39, 0.29) is 11.9 Å². The summed E-state index contributed by atoms with van der Waals surface area (Å²) in [5.74, 6) is 0.0275. The molecule has 0 saturated heterocycles. The van der Waals surface area contributed by atoms with Crippen molar-refractivity contribution in [3.63, 3.8) is 0 Å². The van der Waals surface area contributed by atoms with Gasteiger partial charge >= 0.3 is 0 Å². The summed E-state index contributed by atoms with van der Waals surface area (Å²) >= 11 is 6.32. The Morgan fingerprint density at radius 1 is 1.33 bits per heavy atom. The predicted octanol–water partition coefficient (Wildman–Crippen LogP) is 2.80. The zero-order chi connectivity index (χ0) is 15.8. The number of rotatable bonds is 8. The summed E-state index contributed by atoms with van der Waals surface area (Å²) < 4.78 is 0. The third kappa shape index (κ3) is 5.94. The van der Waals surface area contributed by atoms with Crippen LogP contribution < -0.4 is 15.5 Å². The summed E-state index contributed by atoms with van der Waals surface area (Å²) in [6, 6.07) is 6.12. The molecule has 1 rings (SSSR count). The maximum atomic E-state index is 11.9. The third-order valence-corrected chi connectivity index (χ3v) is 3.48. The highest BCUT2D eigenvalue weighted by Gasteiger charge is 2.12. The number of hydrogen-bond acceptors (Lipinski definition) is 3. The molecular formula is C16H26ClN3O. The van der Waals surface area contributed by atoms with Crippen LogP contribution in [0.15, 0.2) is 18.2 Å². The largest absolute Gasteiger partial charge is 0.362 e. The van der Waals surface area contributed by atoms with Crippen molar-refractivity contribution in [2.75, 3.05) is 24.5 Å². The molecule has 0 atom stereocenters. The Hall–Kier alpha value is -1.26. The molecule has 0 bridgehead atoms. The smallest absolute Gasteiger partial charge is 0.239 e. The standard InChI is InChI=1S/C16H26ClN3O/c1-5-18-10-13-7-8-14(9-15(13)17)20(6-2)11-16(21)19-12(3)4/h7-9,12,18H,5-6,10-11H2,1-4H3,(H,19,21). The SMILES string of the molecule is CCNCc1ccc(N(CC)CC(=O)NC(C)C)cc1Cl. The zero-order valence-electron chi connectivity index (χ0n) is 13.4. The minimum Gasteiger partial charge on any atom is -0.362 e. The van der Waals surface area contributed by atoms with E-state index in [9.17, 15) is 4.79 Å². The number of halogens is 1. The Morgan fingerprint density at radius 2 is 2.05 bits per heavy atom. The minimum absolute atomic E-state index is 0.0275. The Bertz CT molecular complexity index is 463. The maximum Gasteiger partial charge on any atom is 0.239 e. The molecule has 0 heterocycles. The summed E-state index contributed by atoms with van der Waals surface area (Å²) in [6.07, 6.45) is 0. The van der Waals surface area contributed by atoms with Crippen LogP contribution in [-0.4, -0.2) is 31.6 Å². The first kappa shape index (κ1) is 17.8. The maximum absolute atomic E-state index is 11.9. The molecule has 2 N–H and O–H groups in total. The Morgan fingerprint density at radius 3 is 2.57 bits per heavy atom. The summed E-state index contributed by atoms with van der Waals surface area (Å²) in [6.45, 7) is 10.8. The molecule has 118 valence electrons. The van der Waals surface area contributed by atoms with Crippen LogP contribution in [-0.2, 0) is 11.3 Å². The molecule has 0 spiro atoms. The first-order valence-electron chi connectivity index (χ1n) is 7.51. The number of nitrogens with one attached hydrogen (secondary N) is 2. The van der Waals surface area contributed by atoms with Gasteiger partial charge in [0.25, 0.3) is 0 Å². The Labute approximate surface area is 132 Å². The van der Waals surface area contributed by atoms with Crippen molar-refractivity contribution < 1.29 is 4.79 Å². The summed E-state index contributed by atoms with van der Waals surface area (Å²) in [5, 5.41) is 6.90. The normalized spacial score (nSPS) is 10.8. The fraction of sp³-hybridized carbons (Fsp3) is 0.562. The van der Waals surface area contributed by atoms with E-state index < -0.39 is 0 Å². The van der Waals surface area contributed by atoms with E-state index in [1.165, 1.54) is 0 Å². The third-order valence-electron chi connectivity index (χ3n) is 3.13. The van der Waals surface area contributed by atoms with E-state index in [0.29, 0.717) is 6.54 Å². The summed E-state index contributed by atoms with van der Waals surface area (Å²) in [5.41, 5.74) is 2.05. The second kappa shape index (κ2) is 8.90. The fourth-order valence-electron chi connectivity index (χ4n) is 2.06. The molecule has 0 aliphatic carbocycles. The number of nitrogens with zero attached hydrogens (tertiary/aromatic N) is 1. The second-order valence-electron chi connectivity index (χ2n) is 5.29. The van der Waals surface area contributed by atoms with Gasteiger partial charge in [0, 0.05) is 29.8 Å². The van der Waals surface area contributed by atoms with Gasteiger partial charge in [-0.05, 0) is 45.0 Å². The van der Waals surface area contributed by atoms with Crippen molar-refractivity contribution in [3.8, 4) is 0 Å². The Balaban J connectivity index is 2.77. The molecule has 0 fully saturated rings. The highest BCUT2D eigenvalue weighted by Crippen LogP contribution is 2.23. The van der Waals surface area contributed by atoms with Crippen LogP contribution in [0, 0.1) is 0 Å². The number of anilines is 1. The average molecular weight is 312 g/mol. The van der Waals surface area contributed by atoms with Gasteiger partial charge in [0.05, 0.1) is 6.54 Å². The van der Waals surface area contributed by atoms with Crippen LogP contribution in [0.3, 0.4) is 0 Å². The van der Waals surface area contributed by atoms with E-state index in [0.717, 1.165) is 35.9 Å². The van der Waals surface area contributed by atoms with E-state index in [2.05, 4.69) is 17.6 Å². The van der Waals surface area contributed by atoms with Gasteiger partial charge in [-0.2, -0.15) is 0 Å². The lowest BCUT2D eigenvalue weighted by Crippen LogP contribution is -2.40. The molecule has 1 aromatic carbocycles. The van der Waals surface area contributed by atoms with Gasteiger partial charge in [0.2, 0.25) is 5.91 Å². The van der Waals surface area contributed by atoms with Gasteiger partial charge in [-0.1, -0.05) is 24.6 Å². The van der Waals surface area contributed by atoms with E-state index in [1.54, 1.807) is 0 Å². The van der Waals surface area contributed by atoms with Crippen molar-refractivity contribution in [1.29, 1.82) is 0 Å². The van der Waals surface area contributed by atoms with Crippen molar-refractivity contribution in [1.82, 2.24) is 10.6 Å². The van der Waals surface area contributed by atoms with Gasteiger partial charge in [-0.25, -0.2) is 0 Å². The molecule has 5 heteroatoms. The molecule has 1 aromatic rings. The molecule has 4 nitrogen and oxygen atoms in total. The lowest BCUT2D eigenvalue weighted by Gasteiger charge is -2.24. The summed E-state index contributed by atoms with van der Waals surface area (Å²) in [7, 11) is 0. The minimum atomic E-state index is 0.0275. The molecule has 0 aromatic heterocycles. The number of amides is 1. The molecular weight excluding hydrogens is 286 g/mol. The van der Waals surface area contributed by atoms with Crippen LogP contribution >= 0.6 is 11.6 Å². The quantitative estimate of drug-likeness (QED) is 0.776. The van der Waals surface area contributed by atoms with Crippen molar-refractivity contribution >= 4 is 23.2 Å². The summed E-state index contributed by atoms with van der Waals surface area (Å²) in [4.78, 5) is 13.9. The topological polar surface area (TPSA) is 44.4 Å². The highest BCUT2D eigenvalue weighted by atomic mass is 35.5. The van der Waals surface area contributed by atoms with Crippen LogP contribution in [0.25, 0.3) is 0 Å². The number of likely N-dealkylation sites (N-methyl/N-ethyl adjacent to an activating group) is 1. The van der Waals surface area contributed by atoms with E-state index in [4.69, 9.17) is 11.6 Å². The molecule has 1 amide bonds. The van der Waals surface area contributed by atoms with Gasteiger partial charge in [0.15, 0.2) is 0 Å². The molecule has 0 radical (unpaired) electrons. The molecule has 0 unspecified atom stereocenters. The van der Waals surface area contributed by atoms with Crippen molar-refractivity contribution in [3.05, 3.63) is 28.8 Å².